The van der Waals surface area contributed by atoms with Crippen molar-refractivity contribution < 1.29 is 5.11 Å². The number of aromatic hydroxyl groups is 1. The summed E-state index contributed by atoms with van der Waals surface area (Å²) in [6, 6.07) is 14.9. The van der Waals surface area contributed by atoms with Gasteiger partial charge in [-0.3, -0.25) is 22.9 Å². The molecule has 0 spiro atoms. The zero-order chi connectivity index (χ0) is 22.6. The standard InChI is InChI=1S/C24H21N5O3/c1-15-4-6-16(7-5-15)8-9-18-14-28-20-21(26(2)24(32)27(3)22(20)31)25-23(28)29(18)17-10-12-19(30)13-11-17/h4-14,30H,1-3H3/b9-8+. The van der Waals surface area contributed by atoms with Crippen LogP contribution in [-0.2, 0) is 14.1 Å². The summed E-state index contributed by atoms with van der Waals surface area (Å²) in [5, 5.41) is 9.73. The lowest BCUT2D eigenvalue weighted by molar-refractivity contribution is 0.475. The van der Waals surface area contributed by atoms with Gasteiger partial charge in [0.15, 0.2) is 11.2 Å². The van der Waals surface area contributed by atoms with Crippen LogP contribution in [0.3, 0.4) is 0 Å². The SMILES string of the molecule is Cc1ccc(/C=C/c2cn3c4c(=O)n(C)c(=O)n(C)c4nc3n2-c2ccc(O)cc2)cc1. The largest absolute Gasteiger partial charge is 0.508 e. The van der Waals surface area contributed by atoms with Gasteiger partial charge in [-0.05, 0) is 42.8 Å². The van der Waals surface area contributed by atoms with E-state index >= 15 is 0 Å². The van der Waals surface area contributed by atoms with E-state index in [1.807, 2.05) is 54.1 Å². The highest BCUT2D eigenvalue weighted by atomic mass is 16.3. The summed E-state index contributed by atoms with van der Waals surface area (Å²) in [5.74, 6) is 0.644. The summed E-state index contributed by atoms with van der Waals surface area (Å²) >= 11 is 0. The smallest absolute Gasteiger partial charge is 0.332 e. The number of imidazole rings is 2. The Balaban J connectivity index is 1.82. The quantitative estimate of drug-likeness (QED) is 0.480. The molecule has 0 amide bonds. The average Bonchev–Trinajstić information content (AvgIpc) is 3.32. The van der Waals surface area contributed by atoms with E-state index < -0.39 is 11.2 Å². The van der Waals surface area contributed by atoms with E-state index in [4.69, 9.17) is 0 Å². The Hall–Kier alpha value is -4.33. The fourth-order valence-electron chi connectivity index (χ4n) is 3.83. The lowest BCUT2D eigenvalue weighted by Crippen LogP contribution is -2.37. The monoisotopic (exact) mass is 427 g/mol. The summed E-state index contributed by atoms with van der Waals surface area (Å²) in [6.45, 7) is 2.04. The minimum atomic E-state index is -0.432. The fraction of sp³-hybridized carbons (Fsp3) is 0.125. The van der Waals surface area contributed by atoms with E-state index in [9.17, 15) is 14.7 Å². The maximum Gasteiger partial charge on any atom is 0.332 e. The van der Waals surface area contributed by atoms with Crippen molar-refractivity contribution in [1.82, 2.24) is 23.1 Å². The number of phenols is 1. The Morgan fingerprint density at radius 2 is 1.59 bits per heavy atom. The molecule has 160 valence electrons. The number of phenolic OH excluding ortho intramolecular Hbond substituents is 1. The van der Waals surface area contributed by atoms with Crippen molar-refractivity contribution in [3.05, 3.63) is 92.4 Å². The van der Waals surface area contributed by atoms with Crippen molar-refractivity contribution in [2.45, 2.75) is 6.92 Å². The Morgan fingerprint density at radius 3 is 2.28 bits per heavy atom. The third kappa shape index (κ3) is 2.96. The molecule has 0 saturated carbocycles. The van der Waals surface area contributed by atoms with E-state index in [2.05, 4.69) is 4.98 Å². The molecular weight excluding hydrogens is 406 g/mol. The molecule has 0 fully saturated rings. The number of fused-ring (bicyclic) bond motifs is 3. The first-order valence-corrected chi connectivity index (χ1v) is 10.1. The number of hydrogen-bond donors (Lipinski definition) is 1. The van der Waals surface area contributed by atoms with Gasteiger partial charge in [0.25, 0.3) is 5.56 Å². The molecule has 0 aliphatic rings. The fourth-order valence-corrected chi connectivity index (χ4v) is 3.83. The van der Waals surface area contributed by atoms with Gasteiger partial charge >= 0.3 is 5.69 Å². The molecule has 0 aliphatic carbocycles. The molecule has 0 unspecified atom stereocenters. The van der Waals surface area contributed by atoms with Crippen LogP contribution in [0.1, 0.15) is 16.8 Å². The second-order valence-corrected chi connectivity index (χ2v) is 7.81. The molecule has 8 heteroatoms. The van der Waals surface area contributed by atoms with E-state index in [0.717, 1.165) is 21.5 Å². The second-order valence-electron chi connectivity index (χ2n) is 7.81. The lowest BCUT2D eigenvalue weighted by atomic mass is 10.1. The van der Waals surface area contributed by atoms with Crippen LogP contribution in [0.2, 0.25) is 0 Å². The number of hydrogen-bond acceptors (Lipinski definition) is 4. The number of benzene rings is 2. The molecule has 2 aromatic carbocycles. The summed E-state index contributed by atoms with van der Waals surface area (Å²) in [4.78, 5) is 29.9. The molecule has 5 rings (SSSR count). The Bertz CT molecular complexity index is 1630. The highest BCUT2D eigenvalue weighted by Crippen LogP contribution is 2.24. The number of rotatable bonds is 3. The molecule has 1 N–H and O–H groups in total. The highest BCUT2D eigenvalue weighted by molar-refractivity contribution is 5.79. The third-order valence-corrected chi connectivity index (χ3v) is 5.62. The zero-order valence-electron chi connectivity index (χ0n) is 17.9. The van der Waals surface area contributed by atoms with Crippen LogP contribution in [0, 0.1) is 6.92 Å². The van der Waals surface area contributed by atoms with Crippen LogP contribution >= 0.6 is 0 Å². The van der Waals surface area contributed by atoms with Gasteiger partial charge in [0.2, 0.25) is 5.78 Å². The Kier molecular flexibility index (Phi) is 4.37. The zero-order valence-corrected chi connectivity index (χ0v) is 17.9. The van der Waals surface area contributed by atoms with Gasteiger partial charge < -0.3 is 5.11 Å². The van der Waals surface area contributed by atoms with Gasteiger partial charge in [0.05, 0.1) is 5.69 Å². The van der Waals surface area contributed by atoms with Gasteiger partial charge in [-0.15, -0.1) is 0 Å². The van der Waals surface area contributed by atoms with Crippen molar-refractivity contribution >= 4 is 29.1 Å². The van der Waals surface area contributed by atoms with Crippen LogP contribution in [0.5, 0.6) is 5.75 Å². The summed E-state index contributed by atoms with van der Waals surface area (Å²) in [7, 11) is 3.05. The number of aromatic nitrogens is 5. The Labute approximate surface area is 182 Å². The van der Waals surface area contributed by atoms with Crippen molar-refractivity contribution in [2.75, 3.05) is 0 Å². The van der Waals surface area contributed by atoms with Crippen molar-refractivity contribution in [3.8, 4) is 11.4 Å². The third-order valence-electron chi connectivity index (χ3n) is 5.62. The minimum Gasteiger partial charge on any atom is -0.508 e. The van der Waals surface area contributed by atoms with Crippen LogP contribution < -0.4 is 11.2 Å². The normalized spacial score (nSPS) is 11.8. The maximum atomic E-state index is 12.9. The average molecular weight is 427 g/mol. The minimum absolute atomic E-state index is 0.151. The molecule has 0 aliphatic heterocycles. The molecule has 8 nitrogen and oxygen atoms in total. The number of nitrogens with zero attached hydrogens (tertiary/aromatic N) is 5. The molecule has 0 atom stereocenters. The summed E-state index contributed by atoms with van der Waals surface area (Å²) < 4.78 is 6.04. The van der Waals surface area contributed by atoms with Gasteiger partial charge in [-0.2, -0.15) is 4.98 Å². The molecule has 0 radical (unpaired) electrons. The first-order chi connectivity index (χ1) is 15.3. The van der Waals surface area contributed by atoms with Crippen LogP contribution in [0.15, 0.2) is 64.3 Å². The first kappa shape index (κ1) is 19.6. The summed E-state index contributed by atoms with van der Waals surface area (Å²) in [6.07, 6.45) is 5.76. The van der Waals surface area contributed by atoms with Crippen molar-refractivity contribution in [3.63, 3.8) is 0 Å². The Morgan fingerprint density at radius 1 is 0.906 bits per heavy atom. The van der Waals surface area contributed by atoms with Gasteiger partial charge in [0, 0.05) is 26.0 Å². The highest BCUT2D eigenvalue weighted by Gasteiger charge is 2.20. The molecule has 3 aromatic heterocycles. The predicted octanol–water partition coefficient (Wildman–Crippen LogP) is 2.86. The predicted molar refractivity (Wildman–Crippen MR) is 124 cm³/mol. The first-order valence-electron chi connectivity index (χ1n) is 10.1. The van der Waals surface area contributed by atoms with E-state index in [-0.39, 0.29) is 5.75 Å². The van der Waals surface area contributed by atoms with Crippen LogP contribution in [0.25, 0.3) is 34.8 Å². The molecule has 5 aromatic rings. The van der Waals surface area contributed by atoms with E-state index in [0.29, 0.717) is 16.9 Å². The van der Waals surface area contributed by atoms with E-state index in [1.54, 1.807) is 35.7 Å². The lowest BCUT2D eigenvalue weighted by Gasteiger charge is -2.06. The second kappa shape index (κ2) is 7.12. The molecule has 0 saturated heterocycles. The van der Waals surface area contributed by atoms with Crippen LogP contribution in [-0.4, -0.2) is 28.2 Å². The van der Waals surface area contributed by atoms with Gasteiger partial charge in [0.1, 0.15) is 5.75 Å². The van der Waals surface area contributed by atoms with Crippen molar-refractivity contribution in [1.29, 1.82) is 0 Å². The molecule has 0 bridgehead atoms. The molecule has 32 heavy (non-hydrogen) atoms. The van der Waals surface area contributed by atoms with E-state index in [1.165, 1.54) is 17.2 Å². The number of aryl methyl sites for hydroxylation is 2. The summed E-state index contributed by atoms with van der Waals surface area (Å²) in [5.41, 5.74) is 3.57. The topological polar surface area (TPSA) is 86.5 Å². The van der Waals surface area contributed by atoms with Gasteiger partial charge in [-0.25, -0.2) is 4.79 Å². The van der Waals surface area contributed by atoms with Gasteiger partial charge in [-0.1, -0.05) is 35.9 Å². The molecule has 3 heterocycles. The van der Waals surface area contributed by atoms with Crippen LogP contribution in [0.4, 0.5) is 0 Å². The van der Waals surface area contributed by atoms with Crippen molar-refractivity contribution in [2.24, 2.45) is 14.1 Å². The molecular formula is C24H21N5O3. The maximum absolute atomic E-state index is 12.9.